The van der Waals surface area contributed by atoms with Crippen LogP contribution in [0.3, 0.4) is 0 Å². The number of nitrogens with two attached hydrogens (primary N) is 1. The quantitative estimate of drug-likeness (QED) is 0.123. The first-order valence-corrected chi connectivity index (χ1v) is 15.6. The Bertz CT molecular complexity index is 1310. The van der Waals surface area contributed by atoms with Gasteiger partial charge in [-0.25, -0.2) is 15.6 Å². The van der Waals surface area contributed by atoms with Crippen LogP contribution in [0.5, 0.6) is 0 Å². The maximum Gasteiger partial charge on any atom is 0.337 e. The normalized spacial score (nSPS) is 17.7. The number of nitrogens with zero attached hydrogens (tertiary/aromatic N) is 4. The zero-order chi connectivity index (χ0) is 29.8. The lowest BCUT2D eigenvalue weighted by Gasteiger charge is -2.27. The Morgan fingerprint density at radius 2 is 1.80 bits per heavy atom. The number of carbonyl (C=O) groups is 4. The van der Waals surface area contributed by atoms with E-state index in [1.165, 1.54) is 16.2 Å². The zero-order valence-electron chi connectivity index (χ0n) is 24.1. The predicted octanol–water partition coefficient (Wildman–Crippen LogP) is 4.91. The average Bonchev–Trinajstić information content (AvgIpc) is 3.56. The molecule has 2 aromatic rings. The summed E-state index contributed by atoms with van der Waals surface area (Å²) < 4.78 is 0. The molecule has 4 rings (SSSR count). The number of imide groups is 1. The Morgan fingerprint density at radius 1 is 1.12 bits per heavy atom. The van der Waals surface area contributed by atoms with Gasteiger partial charge in [-0.05, 0) is 43.6 Å². The van der Waals surface area contributed by atoms with Gasteiger partial charge in [-0.2, -0.15) is 0 Å². The fourth-order valence-electron chi connectivity index (χ4n) is 4.89. The fraction of sp³-hybridized carbons (Fsp3) is 0.483. The summed E-state index contributed by atoms with van der Waals surface area (Å²) in [6.45, 7) is 10.6. The Morgan fingerprint density at radius 3 is 2.37 bits per heavy atom. The van der Waals surface area contributed by atoms with Crippen molar-refractivity contribution in [1.82, 2.24) is 20.2 Å². The van der Waals surface area contributed by atoms with Crippen LogP contribution in [0.15, 0.2) is 46.3 Å². The third-order valence-electron chi connectivity index (χ3n) is 6.92. The number of benzene rings is 1. The van der Waals surface area contributed by atoms with Gasteiger partial charge >= 0.3 is 6.03 Å². The Labute approximate surface area is 249 Å². The van der Waals surface area contributed by atoms with Crippen LogP contribution in [0.25, 0.3) is 0 Å². The lowest BCUT2D eigenvalue weighted by Crippen LogP contribution is -2.47. The summed E-state index contributed by atoms with van der Waals surface area (Å²) in [7, 11) is 0. The summed E-state index contributed by atoms with van der Waals surface area (Å²) in [5, 5.41) is 1.82. The molecule has 1 saturated carbocycles. The number of anilines is 1. The van der Waals surface area contributed by atoms with Crippen LogP contribution in [-0.4, -0.2) is 57.5 Å². The lowest BCUT2D eigenvalue weighted by molar-refractivity contribution is -0.129. The van der Waals surface area contributed by atoms with E-state index in [-0.39, 0.29) is 16.5 Å². The van der Waals surface area contributed by atoms with Crippen molar-refractivity contribution in [3.63, 3.8) is 0 Å². The molecule has 10 nitrogen and oxygen atoms in total. The zero-order valence-corrected chi connectivity index (χ0v) is 25.7. The number of hydrogen-bond acceptors (Lipinski definition) is 9. The molecule has 4 amide bonds. The summed E-state index contributed by atoms with van der Waals surface area (Å²) >= 11 is 2.52. The van der Waals surface area contributed by atoms with E-state index in [1.54, 1.807) is 12.3 Å². The van der Waals surface area contributed by atoms with E-state index in [0.29, 0.717) is 30.4 Å². The number of amides is 4. The van der Waals surface area contributed by atoms with E-state index in [0.717, 1.165) is 46.7 Å². The van der Waals surface area contributed by atoms with E-state index in [4.69, 9.17) is 5.84 Å². The molecule has 41 heavy (non-hydrogen) atoms. The predicted molar refractivity (Wildman–Crippen MR) is 162 cm³/mol. The lowest BCUT2D eigenvalue weighted by atomic mass is 10.0. The fourth-order valence-corrected chi connectivity index (χ4v) is 7.12. The topological polar surface area (TPSA) is 129 Å². The highest BCUT2D eigenvalue weighted by Crippen LogP contribution is 2.48. The van der Waals surface area contributed by atoms with Gasteiger partial charge in [0.05, 0.1) is 10.9 Å². The molecule has 0 bridgehead atoms. The molecule has 1 aliphatic heterocycles. The van der Waals surface area contributed by atoms with Crippen LogP contribution in [-0.2, 0) is 9.59 Å². The molecule has 0 saturated heterocycles. The van der Waals surface area contributed by atoms with Crippen molar-refractivity contribution in [2.24, 2.45) is 17.7 Å². The number of carbonyl (C=O) groups excluding carboxylic acids is 4. The molecule has 1 aliphatic carbocycles. The SMILES string of the molecule is CC1=C(C(=O)N(C(=O)c2csc(N(CC(C)C)C3CC3)n2)[C@H](C=O)CC(C)C)SC(c2ccccc2)N1C(=O)NN. The van der Waals surface area contributed by atoms with Gasteiger partial charge in [0.2, 0.25) is 0 Å². The molecule has 2 atom stereocenters. The summed E-state index contributed by atoms with van der Waals surface area (Å²) in [6.07, 6.45) is 3.11. The van der Waals surface area contributed by atoms with Crippen molar-refractivity contribution in [3.05, 3.63) is 57.6 Å². The Kier molecular flexibility index (Phi) is 9.88. The van der Waals surface area contributed by atoms with Crippen LogP contribution in [0.4, 0.5) is 9.93 Å². The van der Waals surface area contributed by atoms with E-state index in [2.05, 4.69) is 29.2 Å². The second-order valence-electron chi connectivity index (χ2n) is 11.2. The maximum absolute atomic E-state index is 14.2. The molecule has 0 radical (unpaired) electrons. The van der Waals surface area contributed by atoms with Crippen molar-refractivity contribution in [1.29, 1.82) is 0 Å². The number of urea groups is 1. The highest BCUT2D eigenvalue weighted by molar-refractivity contribution is 8.04. The minimum Gasteiger partial charge on any atom is -0.345 e. The number of aldehydes is 1. The monoisotopic (exact) mass is 598 g/mol. The molecule has 1 unspecified atom stereocenters. The van der Waals surface area contributed by atoms with Gasteiger partial charge in [0.25, 0.3) is 11.8 Å². The number of thiazole rings is 1. The Balaban J connectivity index is 1.71. The van der Waals surface area contributed by atoms with Gasteiger partial charge in [0.1, 0.15) is 17.4 Å². The summed E-state index contributed by atoms with van der Waals surface area (Å²) in [5.74, 6) is 4.68. The van der Waals surface area contributed by atoms with Crippen LogP contribution in [0, 0.1) is 11.8 Å². The largest absolute Gasteiger partial charge is 0.345 e. The Hall–Kier alpha value is -3.22. The number of nitrogens with one attached hydrogen (secondary N) is 1. The summed E-state index contributed by atoms with van der Waals surface area (Å²) in [5.41, 5.74) is 3.41. The number of thioether (sulfide) groups is 1. The average molecular weight is 599 g/mol. The van der Waals surface area contributed by atoms with Crippen molar-refractivity contribution >= 4 is 52.4 Å². The van der Waals surface area contributed by atoms with Gasteiger partial charge < -0.3 is 9.69 Å². The second-order valence-corrected chi connectivity index (χ2v) is 13.1. The van der Waals surface area contributed by atoms with Gasteiger partial charge in [-0.3, -0.25) is 24.8 Å². The molecule has 12 heteroatoms. The van der Waals surface area contributed by atoms with Crippen molar-refractivity contribution in [3.8, 4) is 0 Å². The van der Waals surface area contributed by atoms with Crippen molar-refractivity contribution < 1.29 is 19.2 Å². The number of allylic oxidation sites excluding steroid dienone is 1. The molecule has 220 valence electrons. The minimum atomic E-state index is -0.996. The first kappa shape index (κ1) is 30.7. The number of rotatable bonds is 11. The van der Waals surface area contributed by atoms with Crippen LogP contribution in [0.1, 0.15) is 75.3 Å². The molecule has 0 spiro atoms. The van der Waals surface area contributed by atoms with Gasteiger partial charge in [0, 0.05) is 23.7 Å². The van der Waals surface area contributed by atoms with Gasteiger partial charge in [-0.1, -0.05) is 69.8 Å². The first-order valence-electron chi connectivity index (χ1n) is 13.8. The third kappa shape index (κ3) is 6.82. The summed E-state index contributed by atoms with van der Waals surface area (Å²) in [6, 6.07) is 8.07. The second kappa shape index (κ2) is 13.2. The number of aromatic nitrogens is 1. The molecule has 2 aliphatic rings. The minimum absolute atomic E-state index is 0.0404. The highest BCUT2D eigenvalue weighted by atomic mass is 32.2. The maximum atomic E-state index is 14.2. The van der Waals surface area contributed by atoms with Crippen molar-refractivity contribution in [2.75, 3.05) is 11.4 Å². The van der Waals surface area contributed by atoms with Crippen molar-refractivity contribution in [2.45, 2.75) is 71.3 Å². The first-order chi connectivity index (χ1) is 19.6. The van der Waals surface area contributed by atoms with E-state index in [9.17, 15) is 19.2 Å². The standard InChI is InChI=1S/C29H38N6O4S2/c1-17(2)13-22(15-36)35(25(37)23-16-40-29(31-23)33(14-18(3)4)21-11-12-21)26(38)24-19(5)34(28(39)32-30)27(41-24)20-9-7-6-8-10-20/h6-10,15-18,21-22,27H,11-14,30H2,1-5H3,(H,32,39)/t22-,27?/m0/s1. The molecular weight excluding hydrogens is 560 g/mol. The van der Waals surface area contributed by atoms with E-state index >= 15 is 0 Å². The summed E-state index contributed by atoms with van der Waals surface area (Å²) in [4.78, 5) is 63.0. The number of hydrazine groups is 1. The molecule has 2 heterocycles. The van der Waals surface area contributed by atoms with E-state index in [1.807, 2.05) is 44.2 Å². The van der Waals surface area contributed by atoms with Gasteiger partial charge in [0.15, 0.2) is 5.13 Å². The molecule has 3 N–H and O–H groups in total. The smallest absolute Gasteiger partial charge is 0.337 e. The number of hydrogen-bond donors (Lipinski definition) is 2. The highest BCUT2D eigenvalue weighted by Gasteiger charge is 2.43. The van der Waals surface area contributed by atoms with Crippen LogP contribution in [0.2, 0.25) is 0 Å². The molecule has 1 aromatic heterocycles. The van der Waals surface area contributed by atoms with E-state index < -0.39 is 29.3 Å². The molecular formula is C29H38N6O4S2. The van der Waals surface area contributed by atoms with Crippen LogP contribution >= 0.6 is 23.1 Å². The van der Waals surface area contributed by atoms with Crippen LogP contribution < -0.4 is 16.2 Å². The molecule has 1 fully saturated rings. The third-order valence-corrected chi connectivity index (χ3v) is 9.21. The van der Waals surface area contributed by atoms with Gasteiger partial charge in [-0.15, -0.1) is 11.3 Å². The molecule has 1 aromatic carbocycles.